The second kappa shape index (κ2) is 7.31. The number of nitrogens with zero attached hydrogens (tertiary/aromatic N) is 3. The van der Waals surface area contributed by atoms with Crippen molar-refractivity contribution in [2.24, 2.45) is 7.05 Å². The maximum Gasteiger partial charge on any atom is 0.251 e. The molecule has 1 amide bonds. The molecular formula is C16H20N4O4. The first-order valence-corrected chi connectivity index (χ1v) is 7.78. The van der Waals surface area contributed by atoms with Crippen molar-refractivity contribution in [3.05, 3.63) is 36.3 Å². The van der Waals surface area contributed by atoms with Crippen molar-refractivity contribution in [1.82, 2.24) is 20.1 Å². The Morgan fingerprint density at radius 3 is 3.12 bits per heavy atom. The van der Waals surface area contributed by atoms with Crippen LogP contribution in [-0.2, 0) is 11.8 Å². The lowest BCUT2D eigenvalue weighted by molar-refractivity contribution is 0.0903. The van der Waals surface area contributed by atoms with E-state index in [1.165, 1.54) is 0 Å². The number of carbonyl (C=O) groups is 1. The van der Waals surface area contributed by atoms with Gasteiger partial charge in [0.05, 0.1) is 38.3 Å². The van der Waals surface area contributed by atoms with Gasteiger partial charge in [-0.1, -0.05) is 0 Å². The molecule has 0 aromatic carbocycles. The molecule has 0 radical (unpaired) electrons. The minimum Gasteiger partial charge on any atom is -0.482 e. The summed E-state index contributed by atoms with van der Waals surface area (Å²) in [6.07, 6.45) is 4.70. The van der Waals surface area contributed by atoms with Gasteiger partial charge >= 0.3 is 0 Å². The van der Waals surface area contributed by atoms with Gasteiger partial charge in [0.25, 0.3) is 5.91 Å². The average molecular weight is 332 g/mol. The summed E-state index contributed by atoms with van der Waals surface area (Å²) in [6, 6.07) is 3.03. The van der Waals surface area contributed by atoms with Crippen LogP contribution in [0.5, 0.6) is 11.6 Å². The third-order valence-electron chi connectivity index (χ3n) is 3.60. The van der Waals surface area contributed by atoms with Gasteiger partial charge in [0, 0.05) is 24.9 Å². The van der Waals surface area contributed by atoms with Crippen LogP contribution in [0.1, 0.15) is 17.3 Å². The normalized spacial score (nSPS) is 19.9. The molecule has 2 aromatic rings. The zero-order valence-corrected chi connectivity index (χ0v) is 13.6. The first-order chi connectivity index (χ1) is 11.7. The zero-order valence-electron chi connectivity index (χ0n) is 13.6. The summed E-state index contributed by atoms with van der Waals surface area (Å²) in [4.78, 5) is 16.5. The fourth-order valence-electron chi connectivity index (χ4n) is 2.45. The second-order valence-corrected chi connectivity index (χ2v) is 5.44. The highest BCUT2D eigenvalue weighted by molar-refractivity contribution is 5.94. The van der Waals surface area contributed by atoms with Gasteiger partial charge in [0.2, 0.25) is 5.88 Å². The minimum absolute atomic E-state index is 0.214. The van der Waals surface area contributed by atoms with Gasteiger partial charge in [0.1, 0.15) is 6.10 Å². The molecule has 3 rings (SSSR count). The van der Waals surface area contributed by atoms with Crippen LogP contribution in [0, 0.1) is 0 Å². The van der Waals surface area contributed by atoms with Crippen molar-refractivity contribution in [3.8, 4) is 11.6 Å². The summed E-state index contributed by atoms with van der Waals surface area (Å²) in [5, 5.41) is 7.00. The van der Waals surface area contributed by atoms with Gasteiger partial charge in [-0.2, -0.15) is 5.10 Å². The van der Waals surface area contributed by atoms with Gasteiger partial charge in [-0.15, -0.1) is 0 Å². The number of aryl methyl sites for hydroxylation is 1. The van der Waals surface area contributed by atoms with Gasteiger partial charge in [0.15, 0.2) is 5.75 Å². The molecule has 0 spiro atoms. The lowest BCUT2D eigenvalue weighted by Gasteiger charge is -2.19. The topological polar surface area (TPSA) is 87.5 Å². The van der Waals surface area contributed by atoms with Gasteiger partial charge in [-0.05, 0) is 13.0 Å². The number of carbonyl (C=O) groups excluding carboxylic acids is 1. The van der Waals surface area contributed by atoms with Crippen LogP contribution >= 0.6 is 0 Å². The van der Waals surface area contributed by atoms with E-state index in [0.29, 0.717) is 37.0 Å². The van der Waals surface area contributed by atoms with Crippen molar-refractivity contribution in [3.63, 3.8) is 0 Å². The Labute approximate surface area is 139 Å². The molecule has 0 aliphatic carbocycles. The van der Waals surface area contributed by atoms with E-state index in [0.717, 1.165) is 0 Å². The number of ether oxygens (including phenoxy) is 3. The van der Waals surface area contributed by atoms with Gasteiger partial charge < -0.3 is 19.5 Å². The molecular weight excluding hydrogens is 312 g/mol. The van der Waals surface area contributed by atoms with E-state index in [9.17, 15) is 4.79 Å². The highest BCUT2D eigenvalue weighted by atomic mass is 16.5. The number of rotatable bonds is 6. The molecule has 8 heteroatoms. The second-order valence-electron chi connectivity index (χ2n) is 5.44. The predicted octanol–water partition coefficient (Wildman–Crippen LogP) is 0.790. The molecule has 1 saturated heterocycles. The summed E-state index contributed by atoms with van der Waals surface area (Å²) in [5.41, 5.74) is 0.487. The van der Waals surface area contributed by atoms with E-state index in [1.807, 2.05) is 14.0 Å². The van der Waals surface area contributed by atoms with E-state index < -0.39 is 0 Å². The molecule has 0 bridgehead atoms. The Morgan fingerprint density at radius 2 is 2.38 bits per heavy atom. The molecule has 8 nitrogen and oxygen atoms in total. The van der Waals surface area contributed by atoms with Crippen molar-refractivity contribution in [1.29, 1.82) is 0 Å². The van der Waals surface area contributed by atoms with Crippen molar-refractivity contribution in [2.45, 2.75) is 19.1 Å². The monoisotopic (exact) mass is 332 g/mol. The molecule has 0 saturated carbocycles. The summed E-state index contributed by atoms with van der Waals surface area (Å²) in [7, 11) is 1.82. The Balaban J connectivity index is 1.63. The third-order valence-corrected chi connectivity index (χ3v) is 3.60. The molecule has 2 atom stereocenters. The Hall–Kier alpha value is -2.61. The standard InChI is InChI=1S/C16H20N4O4/c1-3-23-15-6-11(4-5-17-15)16(21)19-13-9-22-10-14(13)24-12-7-18-20(2)8-12/h4-8,13-14H,3,9-10H2,1-2H3,(H,19,21)/t13-,14+/m0/s1. The van der Waals surface area contributed by atoms with Crippen molar-refractivity contribution < 1.29 is 19.0 Å². The van der Waals surface area contributed by atoms with E-state index in [2.05, 4.69) is 15.4 Å². The summed E-state index contributed by atoms with van der Waals surface area (Å²) in [5.74, 6) is 0.861. The lowest BCUT2D eigenvalue weighted by Crippen LogP contribution is -2.45. The average Bonchev–Trinajstić information content (AvgIpc) is 3.18. The fourth-order valence-corrected chi connectivity index (χ4v) is 2.45. The summed E-state index contributed by atoms with van der Waals surface area (Å²) >= 11 is 0. The number of aromatic nitrogens is 3. The molecule has 3 heterocycles. The molecule has 128 valence electrons. The van der Waals surface area contributed by atoms with Crippen LogP contribution in [0.4, 0.5) is 0 Å². The van der Waals surface area contributed by atoms with Crippen LogP contribution in [0.2, 0.25) is 0 Å². The summed E-state index contributed by atoms with van der Waals surface area (Å²) < 4.78 is 18.3. The number of amides is 1. The van der Waals surface area contributed by atoms with Crippen molar-refractivity contribution >= 4 is 5.91 Å². The minimum atomic E-state index is -0.258. The van der Waals surface area contributed by atoms with Crippen LogP contribution < -0.4 is 14.8 Å². The smallest absolute Gasteiger partial charge is 0.251 e. The Kier molecular flexibility index (Phi) is 4.95. The number of nitrogens with one attached hydrogen (secondary N) is 1. The van der Waals surface area contributed by atoms with Gasteiger partial charge in [-0.25, -0.2) is 4.98 Å². The quantitative estimate of drug-likeness (QED) is 0.841. The summed E-state index contributed by atoms with van der Waals surface area (Å²) in [6.45, 7) is 3.18. The van der Waals surface area contributed by atoms with E-state index >= 15 is 0 Å². The largest absolute Gasteiger partial charge is 0.482 e. The van der Waals surface area contributed by atoms with E-state index in [4.69, 9.17) is 14.2 Å². The predicted molar refractivity (Wildman–Crippen MR) is 85.1 cm³/mol. The number of pyridine rings is 1. The maximum absolute atomic E-state index is 12.4. The third kappa shape index (κ3) is 3.83. The number of hydrogen-bond donors (Lipinski definition) is 1. The molecule has 24 heavy (non-hydrogen) atoms. The van der Waals surface area contributed by atoms with Crippen LogP contribution in [0.25, 0.3) is 0 Å². The van der Waals surface area contributed by atoms with Crippen LogP contribution in [0.3, 0.4) is 0 Å². The Bertz CT molecular complexity index is 703. The van der Waals surface area contributed by atoms with Gasteiger partial charge in [-0.3, -0.25) is 9.48 Å². The number of hydrogen-bond acceptors (Lipinski definition) is 6. The first-order valence-electron chi connectivity index (χ1n) is 7.78. The molecule has 1 aliphatic rings. The molecule has 1 fully saturated rings. The Morgan fingerprint density at radius 1 is 1.50 bits per heavy atom. The van der Waals surface area contributed by atoms with E-state index in [1.54, 1.807) is 35.4 Å². The maximum atomic E-state index is 12.4. The molecule has 1 aliphatic heterocycles. The SMILES string of the molecule is CCOc1cc(C(=O)N[C@H]2COC[C@H]2Oc2cnn(C)c2)ccn1. The molecule has 1 N–H and O–H groups in total. The van der Waals surface area contributed by atoms with E-state index in [-0.39, 0.29) is 18.1 Å². The zero-order chi connectivity index (χ0) is 16.9. The fraction of sp³-hybridized carbons (Fsp3) is 0.438. The van der Waals surface area contributed by atoms with Crippen LogP contribution in [0.15, 0.2) is 30.7 Å². The molecule has 2 aromatic heterocycles. The highest BCUT2D eigenvalue weighted by Crippen LogP contribution is 2.17. The first kappa shape index (κ1) is 16.3. The lowest BCUT2D eigenvalue weighted by atomic mass is 10.2. The highest BCUT2D eigenvalue weighted by Gasteiger charge is 2.32. The van der Waals surface area contributed by atoms with Crippen LogP contribution in [-0.4, -0.2) is 52.6 Å². The molecule has 0 unspecified atom stereocenters. The van der Waals surface area contributed by atoms with Crippen molar-refractivity contribution in [2.75, 3.05) is 19.8 Å².